The van der Waals surface area contributed by atoms with E-state index in [1.807, 2.05) is 0 Å². The highest BCUT2D eigenvalue weighted by Gasteiger charge is 2.61. The lowest BCUT2D eigenvalue weighted by Crippen LogP contribution is -2.47. The molecule has 0 amide bonds. The predicted molar refractivity (Wildman–Crippen MR) is 57.5 cm³/mol. The van der Waals surface area contributed by atoms with E-state index in [-0.39, 0.29) is 19.5 Å². The van der Waals surface area contributed by atoms with Crippen molar-refractivity contribution in [3.05, 3.63) is 11.6 Å². The molecule has 0 aromatic carbocycles. The average molecular weight is 247 g/mol. The Morgan fingerprint density at radius 3 is 2.59 bits per heavy atom. The number of halogens is 3. The second-order valence-corrected chi connectivity index (χ2v) is 4.81. The van der Waals surface area contributed by atoms with Gasteiger partial charge in [-0.3, -0.25) is 4.79 Å². The first-order valence-corrected chi connectivity index (χ1v) is 5.99. The third-order valence-electron chi connectivity index (χ3n) is 3.72. The molecule has 0 bridgehead atoms. The molecule has 1 heterocycles. The maximum Gasteiger partial charge on any atom is 0.402 e. The van der Waals surface area contributed by atoms with Crippen molar-refractivity contribution in [2.24, 2.45) is 5.41 Å². The number of rotatable bonds is 2. The monoisotopic (exact) mass is 247 g/mol. The summed E-state index contributed by atoms with van der Waals surface area (Å²) in [5.41, 5.74) is -1.78. The topological polar surface area (TPSA) is 29.1 Å². The van der Waals surface area contributed by atoms with Crippen LogP contribution >= 0.6 is 0 Å². The summed E-state index contributed by atoms with van der Waals surface area (Å²) in [5.74, 6) is -0.699. The Kier molecular flexibility index (Phi) is 3.30. The number of ketones is 1. The van der Waals surface area contributed by atoms with Gasteiger partial charge in [0.15, 0.2) is 5.78 Å². The molecular formula is C12H16F3NO. The Morgan fingerprint density at radius 2 is 2.12 bits per heavy atom. The minimum Gasteiger partial charge on any atom is -0.315 e. The van der Waals surface area contributed by atoms with Crippen LogP contribution in [0, 0.1) is 5.41 Å². The van der Waals surface area contributed by atoms with Crippen LogP contribution in [0.2, 0.25) is 0 Å². The van der Waals surface area contributed by atoms with Gasteiger partial charge in [0.05, 0.1) is 0 Å². The van der Waals surface area contributed by atoms with Crippen molar-refractivity contribution in [2.75, 3.05) is 13.1 Å². The van der Waals surface area contributed by atoms with Crippen LogP contribution in [0.4, 0.5) is 13.2 Å². The van der Waals surface area contributed by atoms with E-state index in [1.165, 1.54) is 0 Å². The molecule has 1 saturated heterocycles. The molecule has 1 atom stereocenters. The van der Waals surface area contributed by atoms with Gasteiger partial charge in [-0.1, -0.05) is 6.08 Å². The van der Waals surface area contributed by atoms with Gasteiger partial charge in [-0.15, -0.1) is 0 Å². The van der Waals surface area contributed by atoms with Gasteiger partial charge in [-0.25, -0.2) is 0 Å². The third kappa shape index (κ3) is 2.12. The van der Waals surface area contributed by atoms with E-state index < -0.39 is 17.4 Å². The van der Waals surface area contributed by atoms with Crippen molar-refractivity contribution in [3.63, 3.8) is 0 Å². The molecule has 1 aliphatic carbocycles. The van der Waals surface area contributed by atoms with Crippen molar-refractivity contribution in [3.8, 4) is 0 Å². The summed E-state index contributed by atoms with van der Waals surface area (Å²) >= 11 is 0. The maximum absolute atomic E-state index is 13.1. The molecule has 1 fully saturated rings. The molecule has 1 N–H and O–H groups in total. The summed E-state index contributed by atoms with van der Waals surface area (Å²) in [7, 11) is 0. The molecule has 2 rings (SSSR count). The lowest BCUT2D eigenvalue weighted by Gasteiger charge is -2.31. The molecule has 0 aromatic heterocycles. The van der Waals surface area contributed by atoms with Crippen LogP contribution in [0.25, 0.3) is 0 Å². The normalized spacial score (nSPS) is 30.2. The van der Waals surface area contributed by atoms with E-state index in [4.69, 9.17) is 0 Å². The van der Waals surface area contributed by atoms with Crippen molar-refractivity contribution in [2.45, 2.75) is 38.3 Å². The van der Waals surface area contributed by atoms with Crippen LogP contribution in [-0.2, 0) is 4.79 Å². The van der Waals surface area contributed by atoms with Gasteiger partial charge in [0, 0.05) is 6.54 Å². The Labute approximate surface area is 98.3 Å². The second kappa shape index (κ2) is 4.44. The number of nitrogens with one attached hydrogen (secondary N) is 1. The molecule has 0 saturated carbocycles. The maximum atomic E-state index is 13.1. The van der Waals surface area contributed by atoms with Crippen LogP contribution in [-0.4, -0.2) is 25.0 Å². The largest absolute Gasteiger partial charge is 0.402 e. The summed E-state index contributed by atoms with van der Waals surface area (Å²) in [6.07, 6.45) is 0.113. The van der Waals surface area contributed by atoms with E-state index in [0.29, 0.717) is 12.0 Å². The van der Waals surface area contributed by atoms with Crippen LogP contribution in [0.3, 0.4) is 0 Å². The lowest BCUT2D eigenvalue weighted by molar-refractivity contribution is -0.212. The second-order valence-electron chi connectivity index (χ2n) is 4.81. The Balaban J connectivity index is 2.28. The number of Topliss-reactive ketones (excluding diaryl/α,β-unsaturated/α-hetero) is 1. The first-order valence-electron chi connectivity index (χ1n) is 5.99. The highest BCUT2D eigenvalue weighted by molar-refractivity contribution is 6.01. The molecule has 17 heavy (non-hydrogen) atoms. The Morgan fingerprint density at radius 1 is 1.35 bits per heavy atom. The summed E-state index contributed by atoms with van der Waals surface area (Å²) in [5, 5.41) is 2.67. The fourth-order valence-corrected chi connectivity index (χ4v) is 2.61. The van der Waals surface area contributed by atoms with Gasteiger partial charge in [0.25, 0.3) is 0 Å². The van der Waals surface area contributed by atoms with E-state index in [1.54, 1.807) is 6.08 Å². The molecule has 2 nitrogen and oxygen atoms in total. The fraction of sp³-hybridized carbons (Fsp3) is 0.750. The number of alkyl halides is 3. The number of carbonyl (C=O) groups excluding carboxylic acids is 1. The minimum absolute atomic E-state index is 0.132. The Bertz CT molecular complexity index is 340. The van der Waals surface area contributed by atoms with Crippen molar-refractivity contribution >= 4 is 5.78 Å². The van der Waals surface area contributed by atoms with E-state index in [0.717, 1.165) is 19.3 Å². The zero-order valence-corrected chi connectivity index (χ0v) is 9.57. The van der Waals surface area contributed by atoms with Crippen LogP contribution in [0.5, 0.6) is 0 Å². The van der Waals surface area contributed by atoms with E-state index in [9.17, 15) is 18.0 Å². The first kappa shape index (κ1) is 12.6. The van der Waals surface area contributed by atoms with Gasteiger partial charge in [-0.2, -0.15) is 13.2 Å². The molecule has 5 heteroatoms. The van der Waals surface area contributed by atoms with Gasteiger partial charge in [0.1, 0.15) is 5.41 Å². The quantitative estimate of drug-likeness (QED) is 0.812. The number of hydrogen-bond donors (Lipinski definition) is 1. The van der Waals surface area contributed by atoms with Crippen molar-refractivity contribution in [1.29, 1.82) is 0 Å². The molecular weight excluding hydrogens is 231 g/mol. The van der Waals surface area contributed by atoms with Crippen LogP contribution < -0.4 is 5.32 Å². The summed E-state index contributed by atoms with van der Waals surface area (Å²) in [6, 6.07) is 0. The SMILES string of the molecule is O=C(C1=CCCCC1)C1(C(F)(F)F)CCNC1. The highest BCUT2D eigenvalue weighted by Crippen LogP contribution is 2.46. The average Bonchev–Trinajstić information content (AvgIpc) is 2.79. The van der Waals surface area contributed by atoms with Crippen molar-refractivity contribution < 1.29 is 18.0 Å². The Hall–Kier alpha value is -0.840. The standard InChI is InChI=1S/C12H16F3NO/c13-12(14,15)11(6-7-16-8-11)10(17)9-4-2-1-3-5-9/h4,16H,1-3,5-8H2. The van der Waals surface area contributed by atoms with Crippen molar-refractivity contribution in [1.82, 2.24) is 5.32 Å². The summed E-state index contributed by atoms with van der Waals surface area (Å²) < 4.78 is 39.4. The molecule has 0 spiro atoms. The van der Waals surface area contributed by atoms with Gasteiger partial charge < -0.3 is 5.32 Å². The molecule has 2 aliphatic rings. The number of hydrogen-bond acceptors (Lipinski definition) is 2. The smallest absolute Gasteiger partial charge is 0.315 e. The van der Waals surface area contributed by atoms with Gasteiger partial charge >= 0.3 is 6.18 Å². The fourth-order valence-electron chi connectivity index (χ4n) is 2.61. The summed E-state index contributed by atoms with van der Waals surface area (Å²) in [4.78, 5) is 12.1. The minimum atomic E-state index is -4.45. The predicted octanol–water partition coefficient (Wildman–Crippen LogP) is 2.60. The molecule has 0 aromatic rings. The lowest BCUT2D eigenvalue weighted by atomic mass is 9.76. The third-order valence-corrected chi connectivity index (χ3v) is 3.72. The summed E-state index contributed by atoms with van der Waals surface area (Å²) in [6.45, 7) is -0.00873. The van der Waals surface area contributed by atoms with Crippen LogP contribution in [0.15, 0.2) is 11.6 Å². The highest BCUT2D eigenvalue weighted by atomic mass is 19.4. The zero-order valence-electron chi connectivity index (χ0n) is 9.57. The molecule has 1 unspecified atom stereocenters. The zero-order chi connectivity index (χ0) is 12.5. The number of carbonyl (C=O) groups is 1. The molecule has 0 radical (unpaired) electrons. The first-order chi connectivity index (χ1) is 7.97. The molecule has 96 valence electrons. The van der Waals surface area contributed by atoms with Gasteiger partial charge in [-0.05, 0) is 44.2 Å². The van der Waals surface area contributed by atoms with E-state index >= 15 is 0 Å². The van der Waals surface area contributed by atoms with Gasteiger partial charge in [0.2, 0.25) is 0 Å². The number of allylic oxidation sites excluding steroid dienone is 2. The van der Waals surface area contributed by atoms with Crippen LogP contribution in [0.1, 0.15) is 32.1 Å². The van der Waals surface area contributed by atoms with E-state index in [2.05, 4.69) is 5.32 Å². The molecule has 1 aliphatic heterocycles.